The molecule has 0 aromatic carbocycles. The quantitative estimate of drug-likeness (QED) is 0.109. The van der Waals surface area contributed by atoms with Crippen molar-refractivity contribution in [3.8, 4) is 0 Å². The highest BCUT2D eigenvalue weighted by atomic mass is 35.5. The third kappa shape index (κ3) is 13.6. The lowest BCUT2D eigenvalue weighted by molar-refractivity contribution is -0.141. The average Bonchev–Trinajstić information content (AvgIpc) is 3.03. The highest BCUT2D eigenvalue weighted by Crippen LogP contribution is 2.30. The van der Waals surface area contributed by atoms with Crippen LogP contribution in [0.1, 0.15) is 39.8 Å². The van der Waals surface area contributed by atoms with Gasteiger partial charge in [0.05, 0.1) is 11.4 Å². The number of pyridine rings is 2. The molecular formula is C27H33ClF6N14O2. The molecule has 13 N–H and O–H groups in total. The van der Waals surface area contributed by atoms with Gasteiger partial charge in [-0.2, -0.15) is 26.3 Å². The van der Waals surface area contributed by atoms with Crippen molar-refractivity contribution in [2.75, 3.05) is 42.1 Å². The van der Waals surface area contributed by atoms with E-state index in [2.05, 4.69) is 46.3 Å². The third-order valence-electron chi connectivity index (χ3n) is 5.25. The van der Waals surface area contributed by atoms with Gasteiger partial charge in [0.25, 0.3) is 11.8 Å². The number of amides is 2. The van der Waals surface area contributed by atoms with E-state index in [4.69, 9.17) is 40.3 Å². The van der Waals surface area contributed by atoms with Gasteiger partial charge >= 0.3 is 12.4 Å². The van der Waals surface area contributed by atoms with Crippen molar-refractivity contribution in [1.29, 1.82) is 0 Å². The second-order valence-corrected chi connectivity index (χ2v) is 9.39. The Labute approximate surface area is 285 Å². The molecule has 0 unspecified atom stereocenters. The summed E-state index contributed by atoms with van der Waals surface area (Å²) >= 11 is 5.63. The molecule has 0 aliphatic heterocycles. The molecule has 16 nitrogen and oxygen atoms in total. The van der Waals surface area contributed by atoms with Gasteiger partial charge in [0.15, 0.2) is 22.4 Å². The standard InChI is InChI=1S/C13H14F3N7O.C11H7ClF3N5O.C2H8N2.CH4/c14-13(15,16)8-2-1-3-9(21-8)20-7-6-10(19-5-4-17)22-23-11(7)12(18)24;12-7-4-5(9(10(16)21)20-19-7)17-8-3-1-2-6(18-8)11(13,14)15;3-1-2-4;/h1-3,6H,4-5,17H2,(H2,18,24)(H2,19,20,21,22);1-4H,(H2,16,21)(H,17,18,19);1-4H2;1H4. The van der Waals surface area contributed by atoms with Crippen LogP contribution in [-0.2, 0) is 12.4 Å². The SMILES string of the molecule is C.NC(=O)c1nnc(Cl)cc1Nc1cccc(C(F)(F)F)n1.NCCN.NCCNc1cc(Nc2cccc(C(F)(F)F)n2)c(C(N)=O)nn1. The van der Waals surface area contributed by atoms with E-state index >= 15 is 0 Å². The molecule has 0 saturated heterocycles. The minimum absolute atomic E-state index is 0. The van der Waals surface area contributed by atoms with Gasteiger partial charge in [-0.15, -0.1) is 20.4 Å². The van der Waals surface area contributed by atoms with Crippen LogP contribution in [0.25, 0.3) is 0 Å². The van der Waals surface area contributed by atoms with Gasteiger partial charge in [-0.05, 0) is 24.3 Å². The molecule has 272 valence electrons. The van der Waals surface area contributed by atoms with Crippen molar-refractivity contribution in [3.63, 3.8) is 0 Å². The molecular weight excluding hydrogens is 702 g/mol. The Kier molecular flexibility index (Phi) is 16.6. The van der Waals surface area contributed by atoms with Gasteiger partial charge in [-0.1, -0.05) is 31.2 Å². The highest BCUT2D eigenvalue weighted by molar-refractivity contribution is 6.29. The van der Waals surface area contributed by atoms with Crippen molar-refractivity contribution in [1.82, 2.24) is 30.4 Å². The maximum absolute atomic E-state index is 12.7. The number of rotatable bonds is 10. The van der Waals surface area contributed by atoms with E-state index < -0.39 is 35.6 Å². The van der Waals surface area contributed by atoms with E-state index in [-0.39, 0.29) is 52.8 Å². The first-order valence-corrected chi connectivity index (χ1v) is 13.8. The molecule has 0 fully saturated rings. The fourth-order valence-corrected chi connectivity index (χ4v) is 3.35. The fourth-order valence-electron chi connectivity index (χ4n) is 3.20. The number of anilines is 5. The van der Waals surface area contributed by atoms with E-state index in [1.165, 1.54) is 36.4 Å². The van der Waals surface area contributed by atoms with Gasteiger partial charge in [0.1, 0.15) is 23.0 Å². The predicted octanol–water partition coefficient (Wildman–Crippen LogP) is 3.03. The number of hydrogen-bond donors (Lipinski definition) is 8. The van der Waals surface area contributed by atoms with Crippen LogP contribution >= 0.6 is 11.6 Å². The molecule has 0 aliphatic rings. The zero-order valence-corrected chi connectivity index (χ0v) is 25.7. The van der Waals surface area contributed by atoms with Crippen LogP contribution in [0.4, 0.5) is 55.2 Å². The zero-order chi connectivity index (χ0) is 36.8. The Balaban J connectivity index is 0.000000446. The summed E-state index contributed by atoms with van der Waals surface area (Å²) in [4.78, 5) is 29.4. The van der Waals surface area contributed by atoms with E-state index in [0.29, 0.717) is 26.2 Å². The molecule has 50 heavy (non-hydrogen) atoms. The minimum Gasteiger partial charge on any atom is -0.367 e. The molecule has 0 saturated carbocycles. The van der Waals surface area contributed by atoms with E-state index in [0.717, 1.165) is 12.1 Å². The van der Waals surface area contributed by atoms with Gasteiger partial charge in [-0.25, -0.2) is 9.97 Å². The number of carbonyl (C=O) groups excluding carboxylic acids is 2. The largest absolute Gasteiger partial charge is 0.433 e. The Morgan fingerprint density at radius 3 is 1.50 bits per heavy atom. The molecule has 23 heteroatoms. The Morgan fingerprint density at radius 2 is 1.10 bits per heavy atom. The van der Waals surface area contributed by atoms with Crippen LogP contribution in [0.3, 0.4) is 0 Å². The van der Waals surface area contributed by atoms with Gasteiger partial charge in [0, 0.05) is 38.3 Å². The van der Waals surface area contributed by atoms with Crippen LogP contribution in [0.15, 0.2) is 48.5 Å². The molecule has 4 heterocycles. The molecule has 4 aromatic rings. The topological polar surface area (TPSA) is 278 Å². The number of nitrogens with two attached hydrogens (primary N) is 5. The second kappa shape index (κ2) is 19.5. The van der Waals surface area contributed by atoms with Gasteiger partial charge in [-0.3, -0.25) is 9.59 Å². The second-order valence-electron chi connectivity index (χ2n) is 9.00. The number of carbonyl (C=O) groups is 2. The summed E-state index contributed by atoms with van der Waals surface area (Å²) in [5.74, 6) is -1.78. The predicted molar refractivity (Wildman–Crippen MR) is 174 cm³/mol. The minimum atomic E-state index is -4.59. The molecule has 4 aromatic heterocycles. The fraction of sp³-hybridized carbons (Fsp3) is 0.259. The molecule has 0 atom stereocenters. The number of nitrogens with zero attached hydrogens (tertiary/aromatic N) is 6. The summed E-state index contributed by atoms with van der Waals surface area (Å²) in [5.41, 5.74) is 22.9. The summed E-state index contributed by atoms with van der Waals surface area (Å²) in [7, 11) is 0. The molecule has 4 rings (SSSR count). The molecule has 0 spiro atoms. The first kappa shape index (κ1) is 42.6. The first-order valence-electron chi connectivity index (χ1n) is 13.5. The molecule has 2 amide bonds. The summed E-state index contributed by atoms with van der Waals surface area (Å²) in [6, 6.07) is 9.18. The maximum atomic E-state index is 12.7. The number of hydrogen-bond acceptors (Lipinski definition) is 14. The summed E-state index contributed by atoms with van der Waals surface area (Å²) in [5, 5.41) is 22.2. The van der Waals surface area contributed by atoms with Crippen molar-refractivity contribution >= 4 is 52.2 Å². The normalized spacial score (nSPS) is 10.7. The van der Waals surface area contributed by atoms with Crippen LogP contribution in [0.5, 0.6) is 0 Å². The summed E-state index contributed by atoms with van der Waals surface area (Å²) < 4.78 is 75.8. The van der Waals surface area contributed by atoms with E-state index in [9.17, 15) is 35.9 Å². The molecule has 0 bridgehead atoms. The summed E-state index contributed by atoms with van der Waals surface area (Å²) in [6.07, 6.45) is -9.17. The van der Waals surface area contributed by atoms with Crippen molar-refractivity contribution < 1.29 is 35.9 Å². The van der Waals surface area contributed by atoms with Gasteiger partial charge in [0.2, 0.25) is 0 Å². The zero-order valence-electron chi connectivity index (χ0n) is 25.0. The number of alkyl halides is 6. The van der Waals surface area contributed by atoms with Crippen molar-refractivity contribution in [3.05, 3.63) is 76.5 Å². The first-order chi connectivity index (χ1) is 23.0. The van der Waals surface area contributed by atoms with Crippen LogP contribution in [0, 0.1) is 0 Å². The van der Waals surface area contributed by atoms with E-state index in [1.807, 2.05) is 0 Å². The van der Waals surface area contributed by atoms with Crippen LogP contribution in [0.2, 0.25) is 5.15 Å². The van der Waals surface area contributed by atoms with Crippen molar-refractivity contribution in [2.24, 2.45) is 28.7 Å². The average molecular weight is 735 g/mol. The van der Waals surface area contributed by atoms with E-state index in [1.54, 1.807) is 0 Å². The lowest BCUT2D eigenvalue weighted by atomic mass is 10.3. The number of primary amides is 2. The molecule has 0 aliphatic carbocycles. The summed E-state index contributed by atoms with van der Waals surface area (Å²) in [6.45, 7) is 1.92. The number of halogens is 7. The van der Waals surface area contributed by atoms with Crippen molar-refractivity contribution in [2.45, 2.75) is 19.8 Å². The Bertz CT molecular complexity index is 1710. The lowest BCUT2D eigenvalue weighted by Crippen LogP contribution is -2.19. The highest BCUT2D eigenvalue weighted by Gasteiger charge is 2.33. The third-order valence-corrected chi connectivity index (χ3v) is 5.43. The molecule has 0 radical (unpaired) electrons. The van der Waals surface area contributed by atoms with Gasteiger partial charge < -0.3 is 44.6 Å². The monoisotopic (exact) mass is 734 g/mol. The number of nitrogens with one attached hydrogen (secondary N) is 3. The van der Waals surface area contributed by atoms with Crippen LogP contribution in [-0.4, -0.2) is 68.4 Å². The Morgan fingerprint density at radius 1 is 0.660 bits per heavy atom. The lowest BCUT2D eigenvalue weighted by Gasteiger charge is -2.12. The Hall–Kier alpha value is -5.45. The number of aromatic nitrogens is 6. The smallest absolute Gasteiger partial charge is 0.367 e. The maximum Gasteiger partial charge on any atom is 0.433 e. The van der Waals surface area contributed by atoms with Crippen LogP contribution < -0.4 is 44.6 Å².